The van der Waals surface area contributed by atoms with Crippen molar-refractivity contribution in [1.82, 2.24) is 0 Å². The van der Waals surface area contributed by atoms with Crippen molar-refractivity contribution in [3.05, 3.63) is 41.5 Å². The minimum absolute atomic E-state index is 0.197. The molecule has 88 valence electrons. The molecule has 0 heterocycles. The summed E-state index contributed by atoms with van der Waals surface area (Å²) in [5.41, 5.74) is 10.7. The predicted octanol–water partition coefficient (Wildman–Crippen LogP) is 4.11. The fraction of sp³-hybridized carbons (Fsp3) is 0.467. The van der Waals surface area contributed by atoms with Crippen LogP contribution in [-0.4, -0.2) is 0 Å². The second kappa shape index (κ2) is 4.73. The molecular formula is C15H23N. The highest BCUT2D eigenvalue weighted by Crippen LogP contribution is 2.33. The number of nitrogen functional groups attached to an aromatic ring is 1. The molecule has 0 saturated heterocycles. The SMILES string of the molecule is C=C(C)C(C)(CC)Cc1ccc(N)c(C)c1. The third-order valence-corrected chi connectivity index (χ3v) is 3.74. The normalized spacial score (nSPS) is 14.5. The van der Waals surface area contributed by atoms with Gasteiger partial charge in [0.05, 0.1) is 0 Å². The first kappa shape index (κ1) is 12.8. The van der Waals surface area contributed by atoms with Crippen molar-refractivity contribution in [3.63, 3.8) is 0 Å². The number of benzene rings is 1. The standard InChI is InChI=1S/C15H23N/c1-6-15(5,11(2)3)10-13-7-8-14(16)12(4)9-13/h7-9H,2,6,10,16H2,1,3-5H3. The zero-order chi connectivity index (χ0) is 12.3. The molecule has 0 aromatic heterocycles. The monoisotopic (exact) mass is 217 g/mol. The van der Waals surface area contributed by atoms with Gasteiger partial charge in [0, 0.05) is 5.69 Å². The molecule has 1 rings (SSSR count). The summed E-state index contributed by atoms with van der Waals surface area (Å²) in [7, 11) is 0. The molecule has 0 bridgehead atoms. The van der Waals surface area contributed by atoms with Crippen LogP contribution in [0.3, 0.4) is 0 Å². The Kier molecular flexibility index (Phi) is 3.79. The zero-order valence-electron chi connectivity index (χ0n) is 10.9. The van der Waals surface area contributed by atoms with Crippen LogP contribution in [0, 0.1) is 12.3 Å². The van der Waals surface area contributed by atoms with Gasteiger partial charge in [0.2, 0.25) is 0 Å². The molecule has 0 spiro atoms. The summed E-state index contributed by atoms with van der Waals surface area (Å²) in [4.78, 5) is 0. The minimum atomic E-state index is 0.197. The van der Waals surface area contributed by atoms with Crippen LogP contribution in [0.25, 0.3) is 0 Å². The quantitative estimate of drug-likeness (QED) is 0.596. The maximum Gasteiger partial charge on any atom is 0.0343 e. The van der Waals surface area contributed by atoms with Crippen LogP contribution in [0.15, 0.2) is 30.4 Å². The van der Waals surface area contributed by atoms with Gasteiger partial charge in [-0.1, -0.05) is 38.1 Å². The summed E-state index contributed by atoms with van der Waals surface area (Å²) in [6, 6.07) is 6.31. The number of nitrogens with two attached hydrogens (primary N) is 1. The summed E-state index contributed by atoms with van der Waals surface area (Å²) in [6.45, 7) is 12.8. The summed E-state index contributed by atoms with van der Waals surface area (Å²) in [6.07, 6.45) is 2.16. The lowest BCUT2D eigenvalue weighted by atomic mass is 9.76. The number of hydrogen-bond acceptors (Lipinski definition) is 1. The van der Waals surface area contributed by atoms with E-state index in [-0.39, 0.29) is 5.41 Å². The fourth-order valence-electron chi connectivity index (χ4n) is 1.88. The van der Waals surface area contributed by atoms with Gasteiger partial charge in [-0.25, -0.2) is 0 Å². The van der Waals surface area contributed by atoms with Gasteiger partial charge < -0.3 is 5.73 Å². The summed E-state index contributed by atoms with van der Waals surface area (Å²) in [5.74, 6) is 0. The van der Waals surface area contributed by atoms with Crippen molar-refractivity contribution < 1.29 is 0 Å². The highest BCUT2D eigenvalue weighted by Gasteiger charge is 2.23. The van der Waals surface area contributed by atoms with Crippen molar-refractivity contribution >= 4 is 5.69 Å². The molecule has 0 amide bonds. The van der Waals surface area contributed by atoms with Gasteiger partial charge in [0.1, 0.15) is 0 Å². The fourth-order valence-corrected chi connectivity index (χ4v) is 1.88. The van der Waals surface area contributed by atoms with Gasteiger partial charge in [-0.2, -0.15) is 0 Å². The summed E-state index contributed by atoms with van der Waals surface area (Å²) < 4.78 is 0. The van der Waals surface area contributed by atoms with E-state index in [1.807, 2.05) is 6.07 Å². The Hall–Kier alpha value is -1.24. The predicted molar refractivity (Wildman–Crippen MR) is 72.5 cm³/mol. The molecule has 1 aromatic rings. The third-order valence-electron chi connectivity index (χ3n) is 3.74. The smallest absolute Gasteiger partial charge is 0.0343 e. The molecular weight excluding hydrogens is 194 g/mol. The van der Waals surface area contributed by atoms with E-state index in [0.29, 0.717) is 0 Å². The average molecular weight is 217 g/mol. The number of allylic oxidation sites excluding steroid dienone is 1. The van der Waals surface area contributed by atoms with Crippen molar-refractivity contribution in [1.29, 1.82) is 0 Å². The number of aryl methyl sites for hydroxylation is 1. The van der Waals surface area contributed by atoms with Crippen LogP contribution in [0.1, 0.15) is 38.3 Å². The molecule has 1 nitrogen and oxygen atoms in total. The Bertz CT molecular complexity index is 392. The Labute approximate surface area is 99.4 Å². The van der Waals surface area contributed by atoms with Gasteiger partial charge in [-0.05, 0) is 49.3 Å². The molecule has 1 unspecified atom stereocenters. The van der Waals surface area contributed by atoms with Crippen molar-refractivity contribution in [3.8, 4) is 0 Å². The lowest BCUT2D eigenvalue weighted by Crippen LogP contribution is -2.19. The van der Waals surface area contributed by atoms with Gasteiger partial charge >= 0.3 is 0 Å². The van der Waals surface area contributed by atoms with E-state index in [1.54, 1.807) is 0 Å². The van der Waals surface area contributed by atoms with Crippen LogP contribution < -0.4 is 5.73 Å². The highest BCUT2D eigenvalue weighted by atomic mass is 14.5. The summed E-state index contributed by atoms with van der Waals surface area (Å²) >= 11 is 0. The second-order valence-electron chi connectivity index (χ2n) is 5.06. The lowest BCUT2D eigenvalue weighted by Gasteiger charge is -2.29. The van der Waals surface area contributed by atoms with Crippen LogP contribution in [-0.2, 0) is 6.42 Å². The maximum absolute atomic E-state index is 5.83. The van der Waals surface area contributed by atoms with E-state index in [4.69, 9.17) is 5.73 Å². The van der Waals surface area contributed by atoms with Crippen molar-refractivity contribution in [2.24, 2.45) is 5.41 Å². The summed E-state index contributed by atoms with van der Waals surface area (Å²) in [5, 5.41) is 0. The molecule has 0 fully saturated rings. The Morgan fingerprint density at radius 1 is 1.44 bits per heavy atom. The Morgan fingerprint density at radius 2 is 2.06 bits per heavy atom. The zero-order valence-corrected chi connectivity index (χ0v) is 10.9. The largest absolute Gasteiger partial charge is 0.399 e. The third kappa shape index (κ3) is 2.66. The first-order valence-corrected chi connectivity index (χ1v) is 5.90. The van der Waals surface area contributed by atoms with E-state index >= 15 is 0 Å². The molecule has 2 N–H and O–H groups in total. The Balaban J connectivity index is 2.95. The number of anilines is 1. The minimum Gasteiger partial charge on any atom is -0.399 e. The first-order chi connectivity index (χ1) is 7.39. The van der Waals surface area contributed by atoms with Gasteiger partial charge in [-0.15, -0.1) is 0 Å². The molecule has 1 atom stereocenters. The topological polar surface area (TPSA) is 26.0 Å². The molecule has 0 aliphatic heterocycles. The number of rotatable bonds is 4. The van der Waals surface area contributed by atoms with E-state index in [0.717, 1.165) is 24.1 Å². The number of hydrogen-bond donors (Lipinski definition) is 1. The Morgan fingerprint density at radius 3 is 2.50 bits per heavy atom. The van der Waals surface area contributed by atoms with Gasteiger partial charge in [0.25, 0.3) is 0 Å². The molecule has 0 saturated carbocycles. The molecule has 1 aromatic carbocycles. The van der Waals surface area contributed by atoms with Crippen LogP contribution >= 0.6 is 0 Å². The average Bonchev–Trinajstić information content (AvgIpc) is 2.23. The van der Waals surface area contributed by atoms with E-state index < -0.39 is 0 Å². The van der Waals surface area contributed by atoms with Crippen molar-refractivity contribution in [2.75, 3.05) is 5.73 Å². The van der Waals surface area contributed by atoms with Crippen molar-refractivity contribution in [2.45, 2.75) is 40.5 Å². The lowest BCUT2D eigenvalue weighted by molar-refractivity contribution is 0.381. The first-order valence-electron chi connectivity index (χ1n) is 5.90. The van der Waals surface area contributed by atoms with E-state index in [9.17, 15) is 0 Å². The molecule has 0 aliphatic carbocycles. The molecule has 0 aliphatic rings. The van der Waals surface area contributed by atoms with E-state index in [1.165, 1.54) is 11.1 Å². The molecule has 0 radical (unpaired) electrons. The highest BCUT2D eigenvalue weighted by molar-refractivity contribution is 5.47. The van der Waals surface area contributed by atoms with E-state index in [2.05, 4.69) is 46.4 Å². The van der Waals surface area contributed by atoms with Crippen LogP contribution in [0.2, 0.25) is 0 Å². The maximum atomic E-state index is 5.83. The molecule has 16 heavy (non-hydrogen) atoms. The van der Waals surface area contributed by atoms with Crippen LogP contribution in [0.4, 0.5) is 5.69 Å². The van der Waals surface area contributed by atoms with Gasteiger partial charge in [0.15, 0.2) is 0 Å². The molecule has 1 heteroatoms. The second-order valence-corrected chi connectivity index (χ2v) is 5.06. The van der Waals surface area contributed by atoms with Crippen LogP contribution in [0.5, 0.6) is 0 Å². The van der Waals surface area contributed by atoms with Gasteiger partial charge in [-0.3, -0.25) is 0 Å².